The maximum atomic E-state index is 12.5. The quantitative estimate of drug-likeness (QED) is 0.708. The minimum Gasteiger partial charge on any atom is -0.308 e. The number of nitriles is 1. The van der Waals surface area contributed by atoms with Crippen LogP contribution >= 0.6 is 0 Å². The average Bonchev–Trinajstić information content (AvgIpc) is 3.10. The lowest BCUT2D eigenvalue weighted by Gasteiger charge is -2.26. The third kappa shape index (κ3) is 4.22. The molecular formula is C21H21N5O. The Morgan fingerprint density at radius 1 is 1.11 bits per heavy atom. The summed E-state index contributed by atoms with van der Waals surface area (Å²) in [6, 6.07) is 21.4. The van der Waals surface area contributed by atoms with Gasteiger partial charge in [0.15, 0.2) is 5.82 Å². The Kier molecular flexibility index (Phi) is 5.34. The highest BCUT2D eigenvalue weighted by Crippen LogP contribution is 2.21. The number of hydrogen-bond donors (Lipinski definition) is 2. The van der Waals surface area contributed by atoms with Crippen molar-refractivity contribution in [3.05, 3.63) is 78.0 Å². The fourth-order valence-corrected chi connectivity index (χ4v) is 2.75. The number of hydrogen-bond acceptors (Lipinski definition) is 4. The first-order valence-electron chi connectivity index (χ1n) is 8.65. The molecule has 3 aromatic rings. The van der Waals surface area contributed by atoms with Gasteiger partial charge in [-0.1, -0.05) is 48.5 Å². The van der Waals surface area contributed by atoms with Gasteiger partial charge in [-0.3, -0.25) is 10.1 Å². The summed E-state index contributed by atoms with van der Waals surface area (Å²) in [6.45, 7) is 4.14. The minimum atomic E-state index is -0.365. The molecule has 0 bridgehead atoms. The third-order valence-electron chi connectivity index (χ3n) is 4.33. The largest absolute Gasteiger partial charge is 0.308 e. The van der Waals surface area contributed by atoms with E-state index >= 15 is 0 Å². The van der Waals surface area contributed by atoms with Crippen molar-refractivity contribution >= 4 is 11.7 Å². The van der Waals surface area contributed by atoms with Gasteiger partial charge in [-0.2, -0.15) is 10.4 Å². The molecule has 2 aromatic carbocycles. The van der Waals surface area contributed by atoms with Crippen molar-refractivity contribution in [3.63, 3.8) is 0 Å². The first-order chi connectivity index (χ1) is 13.0. The van der Waals surface area contributed by atoms with E-state index in [1.807, 2.05) is 74.5 Å². The number of aromatic nitrogens is 2. The Bertz CT molecular complexity index is 955. The molecule has 27 heavy (non-hydrogen) atoms. The minimum absolute atomic E-state index is 0.104. The van der Waals surface area contributed by atoms with Gasteiger partial charge in [-0.15, -0.1) is 0 Å². The second kappa shape index (κ2) is 7.85. The average molecular weight is 359 g/mol. The SMILES string of the molecule is CC(C)(NCC(=O)Nc1c(C#N)cnn1-c1ccccc1)c1ccccc1. The first-order valence-corrected chi connectivity index (χ1v) is 8.65. The van der Waals surface area contributed by atoms with Crippen molar-refractivity contribution in [1.29, 1.82) is 5.26 Å². The number of rotatable bonds is 6. The number of carbonyl (C=O) groups is 1. The lowest BCUT2D eigenvalue weighted by atomic mass is 9.94. The second-order valence-corrected chi connectivity index (χ2v) is 6.66. The van der Waals surface area contributed by atoms with E-state index in [0.717, 1.165) is 11.3 Å². The molecule has 1 amide bonds. The van der Waals surface area contributed by atoms with Crippen LogP contribution in [0.4, 0.5) is 5.82 Å². The van der Waals surface area contributed by atoms with E-state index in [-0.39, 0.29) is 18.0 Å². The van der Waals surface area contributed by atoms with E-state index in [1.54, 1.807) is 4.68 Å². The molecule has 136 valence electrons. The van der Waals surface area contributed by atoms with Crippen molar-refractivity contribution in [2.75, 3.05) is 11.9 Å². The summed E-state index contributed by atoms with van der Waals surface area (Å²) >= 11 is 0. The molecule has 0 aliphatic heterocycles. The number of nitrogens with zero attached hydrogens (tertiary/aromatic N) is 3. The van der Waals surface area contributed by atoms with Crippen LogP contribution in [-0.2, 0) is 10.3 Å². The highest BCUT2D eigenvalue weighted by molar-refractivity contribution is 5.93. The van der Waals surface area contributed by atoms with Crippen molar-refractivity contribution in [3.8, 4) is 11.8 Å². The van der Waals surface area contributed by atoms with Crippen LogP contribution in [0.25, 0.3) is 5.69 Å². The molecule has 0 spiro atoms. The number of nitrogens with one attached hydrogen (secondary N) is 2. The van der Waals surface area contributed by atoms with Gasteiger partial charge in [-0.05, 0) is 31.5 Å². The zero-order chi connectivity index (χ0) is 19.3. The summed E-state index contributed by atoms with van der Waals surface area (Å²) in [5.41, 5.74) is 1.81. The number of benzene rings is 2. The van der Waals surface area contributed by atoms with E-state index in [9.17, 15) is 10.1 Å². The zero-order valence-electron chi connectivity index (χ0n) is 15.3. The molecule has 0 radical (unpaired) electrons. The summed E-state index contributed by atoms with van der Waals surface area (Å²) in [4.78, 5) is 12.5. The standard InChI is InChI=1S/C21H21N5O/c1-21(2,17-9-5-3-6-10-17)23-15-19(27)25-20-16(13-22)14-24-26(20)18-11-7-4-8-12-18/h3-12,14,23H,15H2,1-2H3,(H,25,27). The summed E-state index contributed by atoms with van der Waals surface area (Å²) in [7, 11) is 0. The Hall–Kier alpha value is -3.43. The van der Waals surface area contributed by atoms with Gasteiger partial charge < -0.3 is 5.32 Å². The van der Waals surface area contributed by atoms with E-state index in [2.05, 4.69) is 21.8 Å². The molecule has 3 rings (SSSR count). The van der Waals surface area contributed by atoms with E-state index in [0.29, 0.717) is 11.4 Å². The van der Waals surface area contributed by atoms with E-state index < -0.39 is 0 Å². The summed E-state index contributed by atoms with van der Waals surface area (Å²) in [5, 5.41) is 19.6. The van der Waals surface area contributed by atoms with Crippen molar-refractivity contribution < 1.29 is 4.79 Å². The third-order valence-corrected chi connectivity index (χ3v) is 4.33. The van der Waals surface area contributed by atoms with Crippen molar-refractivity contribution in [1.82, 2.24) is 15.1 Å². The smallest absolute Gasteiger partial charge is 0.239 e. The molecule has 1 heterocycles. The molecule has 6 heteroatoms. The van der Waals surface area contributed by atoms with Gasteiger partial charge >= 0.3 is 0 Å². The number of para-hydroxylation sites is 1. The fraction of sp³-hybridized carbons (Fsp3) is 0.190. The van der Waals surface area contributed by atoms with Crippen LogP contribution in [0.5, 0.6) is 0 Å². The van der Waals surface area contributed by atoms with Crippen molar-refractivity contribution in [2.24, 2.45) is 0 Å². The predicted molar refractivity (Wildman–Crippen MR) is 104 cm³/mol. The monoisotopic (exact) mass is 359 g/mol. The van der Waals surface area contributed by atoms with E-state index in [1.165, 1.54) is 6.20 Å². The molecule has 6 nitrogen and oxygen atoms in total. The molecule has 0 aliphatic rings. The maximum absolute atomic E-state index is 12.5. The predicted octanol–water partition coefficient (Wildman–Crippen LogP) is 3.21. The van der Waals surface area contributed by atoms with Crippen LogP contribution in [0, 0.1) is 11.3 Å². The molecule has 1 aromatic heterocycles. The molecule has 0 atom stereocenters. The lowest BCUT2D eigenvalue weighted by Crippen LogP contribution is -2.41. The lowest BCUT2D eigenvalue weighted by molar-refractivity contribution is -0.115. The number of anilines is 1. The van der Waals surface area contributed by atoms with Gasteiger partial charge in [0, 0.05) is 5.54 Å². The van der Waals surface area contributed by atoms with Gasteiger partial charge in [0.05, 0.1) is 18.4 Å². The molecule has 0 saturated carbocycles. The molecule has 0 unspecified atom stereocenters. The Morgan fingerprint density at radius 2 is 1.74 bits per heavy atom. The number of carbonyl (C=O) groups excluding carboxylic acids is 1. The van der Waals surface area contributed by atoms with Gasteiger partial charge in [0.25, 0.3) is 0 Å². The van der Waals surface area contributed by atoms with Crippen molar-refractivity contribution in [2.45, 2.75) is 19.4 Å². The number of amides is 1. The van der Waals surface area contributed by atoms with Crippen LogP contribution in [-0.4, -0.2) is 22.2 Å². The van der Waals surface area contributed by atoms with E-state index in [4.69, 9.17) is 0 Å². The second-order valence-electron chi connectivity index (χ2n) is 6.66. The topological polar surface area (TPSA) is 82.7 Å². The van der Waals surface area contributed by atoms with Crippen LogP contribution in [0.2, 0.25) is 0 Å². The zero-order valence-corrected chi connectivity index (χ0v) is 15.3. The Labute approximate surface area is 158 Å². The first kappa shape index (κ1) is 18.4. The molecular weight excluding hydrogens is 338 g/mol. The molecule has 2 N–H and O–H groups in total. The van der Waals surface area contributed by atoms with Crippen LogP contribution in [0.3, 0.4) is 0 Å². The summed E-state index contributed by atoms with van der Waals surface area (Å²) in [5.74, 6) is 0.126. The molecule has 0 fully saturated rings. The fourth-order valence-electron chi connectivity index (χ4n) is 2.75. The highest BCUT2D eigenvalue weighted by atomic mass is 16.2. The summed E-state index contributed by atoms with van der Waals surface area (Å²) < 4.78 is 1.55. The molecule has 0 aliphatic carbocycles. The van der Waals surface area contributed by atoms with Gasteiger partial charge in [0.1, 0.15) is 11.6 Å². The molecule has 0 saturated heterocycles. The normalized spacial score (nSPS) is 11.0. The summed E-state index contributed by atoms with van der Waals surface area (Å²) in [6.07, 6.45) is 1.45. The van der Waals surface area contributed by atoms with Gasteiger partial charge in [0.2, 0.25) is 5.91 Å². The van der Waals surface area contributed by atoms with Crippen LogP contribution in [0.1, 0.15) is 25.0 Å². The Balaban J connectivity index is 1.73. The van der Waals surface area contributed by atoms with Crippen LogP contribution < -0.4 is 10.6 Å². The Morgan fingerprint density at radius 3 is 2.37 bits per heavy atom. The van der Waals surface area contributed by atoms with Crippen LogP contribution in [0.15, 0.2) is 66.9 Å². The van der Waals surface area contributed by atoms with Gasteiger partial charge in [-0.25, -0.2) is 4.68 Å². The maximum Gasteiger partial charge on any atom is 0.239 e. The highest BCUT2D eigenvalue weighted by Gasteiger charge is 2.21.